The van der Waals surface area contributed by atoms with Crippen molar-refractivity contribution in [3.8, 4) is 0 Å². The first-order valence-electron chi connectivity index (χ1n) is 12.1. The first kappa shape index (κ1) is 31.3. The van der Waals surface area contributed by atoms with Crippen molar-refractivity contribution in [3.05, 3.63) is 35.9 Å². The molecule has 0 spiro atoms. The molecule has 13 heteroatoms. The third kappa shape index (κ3) is 11.3. The highest BCUT2D eigenvalue weighted by Crippen LogP contribution is 2.11. The fourth-order valence-electron chi connectivity index (χ4n) is 3.40. The van der Waals surface area contributed by atoms with Crippen LogP contribution < -0.4 is 33.2 Å². The molecule has 1 aromatic carbocycles. The van der Waals surface area contributed by atoms with Gasteiger partial charge in [0.1, 0.15) is 24.2 Å². The Hall–Kier alpha value is -3.71. The Morgan fingerprint density at radius 1 is 0.973 bits per heavy atom. The molecule has 11 N–H and O–H groups in total. The average Bonchev–Trinajstić information content (AvgIpc) is 2.87. The van der Waals surface area contributed by atoms with Crippen molar-refractivity contribution >= 4 is 29.7 Å². The van der Waals surface area contributed by atoms with Gasteiger partial charge in [-0.1, -0.05) is 50.6 Å². The molecule has 0 heterocycles. The van der Waals surface area contributed by atoms with Crippen molar-refractivity contribution in [3.63, 3.8) is 0 Å². The number of carboxylic acids is 1. The zero-order valence-corrected chi connectivity index (χ0v) is 21.2. The van der Waals surface area contributed by atoms with Crippen LogP contribution in [0.1, 0.15) is 38.7 Å². The van der Waals surface area contributed by atoms with Gasteiger partial charge in [-0.25, -0.2) is 4.79 Å². The zero-order chi connectivity index (χ0) is 28.0. The van der Waals surface area contributed by atoms with Gasteiger partial charge in [0.2, 0.25) is 17.7 Å². The predicted molar refractivity (Wildman–Crippen MR) is 138 cm³/mol. The van der Waals surface area contributed by atoms with E-state index in [1.54, 1.807) is 37.3 Å². The quantitative estimate of drug-likeness (QED) is 0.0694. The van der Waals surface area contributed by atoms with Crippen LogP contribution >= 0.6 is 0 Å². The minimum absolute atomic E-state index is 0.0611. The molecule has 0 radical (unpaired) electrons. The lowest BCUT2D eigenvalue weighted by atomic mass is 9.96. The number of rotatable bonds is 16. The van der Waals surface area contributed by atoms with Crippen molar-refractivity contribution in [2.75, 3.05) is 13.2 Å². The van der Waals surface area contributed by atoms with E-state index in [-0.39, 0.29) is 31.3 Å². The lowest BCUT2D eigenvalue weighted by molar-refractivity contribution is -0.142. The summed E-state index contributed by atoms with van der Waals surface area (Å²) in [5.74, 6) is -3.77. The maximum Gasteiger partial charge on any atom is 0.326 e. The number of nitrogens with zero attached hydrogens (tertiary/aromatic N) is 1. The summed E-state index contributed by atoms with van der Waals surface area (Å²) < 4.78 is 0. The second-order valence-corrected chi connectivity index (χ2v) is 8.76. The number of carbonyl (C=O) groups is 4. The van der Waals surface area contributed by atoms with Gasteiger partial charge in [-0.3, -0.25) is 19.4 Å². The molecular weight excluding hydrogens is 482 g/mol. The molecule has 13 nitrogen and oxygen atoms in total. The van der Waals surface area contributed by atoms with Crippen molar-refractivity contribution in [2.45, 2.75) is 63.7 Å². The molecule has 0 aromatic heterocycles. The first-order valence-corrected chi connectivity index (χ1v) is 12.1. The normalized spacial score (nSPS) is 14.8. The molecule has 1 rings (SSSR count). The van der Waals surface area contributed by atoms with Crippen LogP contribution in [0.3, 0.4) is 0 Å². The Kier molecular flexibility index (Phi) is 13.6. The van der Waals surface area contributed by atoms with Crippen LogP contribution in [0.25, 0.3) is 0 Å². The lowest BCUT2D eigenvalue weighted by Gasteiger charge is -2.28. The first-order chi connectivity index (χ1) is 17.5. The third-order valence-electron chi connectivity index (χ3n) is 5.80. The standard InChI is InChI=1S/C24H39N7O6/c1-3-14(2)19(22(35)30-18(23(36)37)12-15-8-5-4-6-9-15)31-21(34)17(10-7-11-28-24(26)27)29-20(33)16(25)13-32/h4-6,8-9,14,16-19,32H,3,7,10-13,25H2,1-2H3,(H,29,33)(H,30,35)(H,31,34)(H,36,37)(H4,26,27,28). The number of hydrogen-bond acceptors (Lipinski definition) is 7. The maximum absolute atomic E-state index is 13.2. The van der Waals surface area contributed by atoms with Gasteiger partial charge in [-0.15, -0.1) is 0 Å². The minimum atomic E-state index is -1.24. The van der Waals surface area contributed by atoms with Crippen molar-refractivity contribution in [1.82, 2.24) is 16.0 Å². The van der Waals surface area contributed by atoms with Crippen LogP contribution in [0.2, 0.25) is 0 Å². The summed E-state index contributed by atoms with van der Waals surface area (Å²) in [5.41, 5.74) is 16.9. The molecule has 5 atom stereocenters. The number of aliphatic hydroxyl groups is 1. The number of guanidine groups is 1. The Labute approximate surface area is 216 Å². The second kappa shape index (κ2) is 16.1. The van der Waals surface area contributed by atoms with Crippen LogP contribution in [0.4, 0.5) is 0 Å². The number of aliphatic imine (C=N–C) groups is 1. The number of nitrogens with one attached hydrogen (secondary N) is 3. The molecule has 0 bridgehead atoms. The number of carbonyl (C=O) groups excluding carboxylic acids is 3. The van der Waals surface area contributed by atoms with Crippen LogP contribution in [0.5, 0.6) is 0 Å². The summed E-state index contributed by atoms with van der Waals surface area (Å²) in [7, 11) is 0. The van der Waals surface area contributed by atoms with Crippen molar-refractivity contribution < 1.29 is 29.4 Å². The molecule has 0 saturated carbocycles. The summed E-state index contributed by atoms with van der Waals surface area (Å²) >= 11 is 0. The SMILES string of the molecule is CCC(C)C(NC(=O)C(CCCN=C(N)N)NC(=O)C(N)CO)C(=O)NC(Cc1ccccc1)C(=O)O. The number of benzene rings is 1. The second-order valence-electron chi connectivity index (χ2n) is 8.76. The highest BCUT2D eigenvalue weighted by Gasteiger charge is 2.32. The summed E-state index contributed by atoms with van der Waals surface area (Å²) in [6.45, 7) is 3.14. The zero-order valence-electron chi connectivity index (χ0n) is 21.2. The topological polar surface area (TPSA) is 235 Å². The van der Waals surface area contributed by atoms with E-state index in [1.165, 1.54) is 0 Å². The fourth-order valence-corrected chi connectivity index (χ4v) is 3.40. The molecule has 5 unspecified atom stereocenters. The molecule has 0 fully saturated rings. The number of hydrogen-bond donors (Lipinski definition) is 8. The van der Waals surface area contributed by atoms with Gasteiger partial charge >= 0.3 is 5.97 Å². The summed E-state index contributed by atoms with van der Waals surface area (Å²) in [6, 6.07) is 4.21. The Balaban J connectivity index is 3.03. The Bertz CT molecular complexity index is 923. The van der Waals surface area contributed by atoms with Gasteiger partial charge in [0, 0.05) is 13.0 Å². The smallest absolute Gasteiger partial charge is 0.326 e. The van der Waals surface area contributed by atoms with Crippen LogP contribution in [0.15, 0.2) is 35.3 Å². The summed E-state index contributed by atoms with van der Waals surface area (Å²) in [6.07, 6.45) is 1.01. The summed E-state index contributed by atoms with van der Waals surface area (Å²) in [4.78, 5) is 54.2. The molecule has 1 aromatic rings. The lowest BCUT2D eigenvalue weighted by Crippen LogP contribution is -2.59. The Morgan fingerprint density at radius 3 is 2.14 bits per heavy atom. The van der Waals surface area contributed by atoms with E-state index in [0.717, 1.165) is 5.56 Å². The van der Waals surface area contributed by atoms with Gasteiger partial charge in [0.15, 0.2) is 5.96 Å². The fraction of sp³-hybridized carbons (Fsp3) is 0.542. The number of nitrogens with two attached hydrogens (primary N) is 3. The molecule has 3 amide bonds. The van der Waals surface area contributed by atoms with Gasteiger partial charge < -0.3 is 43.4 Å². The van der Waals surface area contributed by atoms with Crippen LogP contribution in [-0.4, -0.2) is 77.2 Å². The minimum Gasteiger partial charge on any atom is -0.480 e. The average molecular weight is 522 g/mol. The van der Waals surface area contributed by atoms with E-state index >= 15 is 0 Å². The van der Waals surface area contributed by atoms with Crippen LogP contribution in [0, 0.1) is 5.92 Å². The van der Waals surface area contributed by atoms with Gasteiger partial charge in [-0.05, 0) is 24.3 Å². The maximum atomic E-state index is 13.2. The largest absolute Gasteiger partial charge is 0.480 e. The number of carboxylic acid groups (broad SMARTS) is 1. The van der Waals surface area contributed by atoms with Gasteiger partial charge in [0.25, 0.3) is 0 Å². The number of aliphatic hydroxyl groups excluding tert-OH is 1. The predicted octanol–water partition coefficient (Wildman–Crippen LogP) is -1.81. The monoisotopic (exact) mass is 521 g/mol. The Morgan fingerprint density at radius 2 is 1.59 bits per heavy atom. The molecule has 0 aliphatic rings. The van der Waals surface area contributed by atoms with E-state index in [0.29, 0.717) is 12.8 Å². The number of aliphatic carboxylic acids is 1. The van der Waals surface area contributed by atoms with Crippen LogP contribution in [-0.2, 0) is 25.6 Å². The van der Waals surface area contributed by atoms with Gasteiger partial charge in [-0.2, -0.15) is 0 Å². The highest BCUT2D eigenvalue weighted by molar-refractivity contribution is 5.94. The van der Waals surface area contributed by atoms with E-state index in [4.69, 9.17) is 22.3 Å². The molecule has 37 heavy (non-hydrogen) atoms. The highest BCUT2D eigenvalue weighted by atomic mass is 16.4. The molecular formula is C24H39N7O6. The van der Waals surface area contributed by atoms with E-state index in [9.17, 15) is 24.3 Å². The molecule has 0 saturated heterocycles. The van der Waals surface area contributed by atoms with Crippen molar-refractivity contribution in [1.29, 1.82) is 0 Å². The van der Waals surface area contributed by atoms with Crippen molar-refractivity contribution in [2.24, 2.45) is 28.1 Å². The van der Waals surface area contributed by atoms with E-state index < -0.39 is 54.5 Å². The van der Waals surface area contributed by atoms with E-state index in [2.05, 4.69) is 20.9 Å². The van der Waals surface area contributed by atoms with Gasteiger partial charge in [0.05, 0.1) is 6.61 Å². The third-order valence-corrected chi connectivity index (χ3v) is 5.80. The molecule has 0 aliphatic carbocycles. The molecule has 206 valence electrons. The number of amides is 3. The van der Waals surface area contributed by atoms with E-state index in [1.807, 2.05) is 6.92 Å². The molecule has 0 aliphatic heterocycles. The summed E-state index contributed by atoms with van der Waals surface area (Å²) in [5, 5.41) is 26.4.